The van der Waals surface area contributed by atoms with Crippen LogP contribution in [0.5, 0.6) is 0 Å². The molecule has 5 heteroatoms. The number of aliphatic hydroxyl groups excluding tert-OH is 1. The average Bonchev–Trinajstić information content (AvgIpc) is 2.91. The molecule has 0 aliphatic heterocycles. The van der Waals surface area contributed by atoms with Crippen LogP contribution in [-0.2, 0) is 12.8 Å². The van der Waals surface area contributed by atoms with Crippen molar-refractivity contribution < 1.29 is 14.7 Å². The van der Waals surface area contributed by atoms with Gasteiger partial charge < -0.3 is 15.7 Å². The molecule has 2 aliphatic rings. The third-order valence-corrected chi connectivity index (χ3v) is 5.01. The van der Waals surface area contributed by atoms with E-state index in [9.17, 15) is 14.7 Å². The number of carbonyl (C=O) groups is 2. The second-order valence-electron chi connectivity index (χ2n) is 6.70. The summed E-state index contributed by atoms with van der Waals surface area (Å²) in [4.78, 5) is 24.4. The molecule has 3 N–H and O–H groups in total. The van der Waals surface area contributed by atoms with E-state index in [0.717, 1.165) is 29.5 Å². The fourth-order valence-corrected chi connectivity index (χ4v) is 3.76. The Bertz CT molecular complexity index is 847. The molecule has 0 bridgehead atoms. The van der Waals surface area contributed by atoms with Crippen LogP contribution in [-0.4, -0.2) is 23.0 Å². The summed E-state index contributed by atoms with van der Waals surface area (Å²) < 4.78 is 0. The molecule has 0 heterocycles. The molecule has 0 saturated heterocycles. The third kappa shape index (κ3) is 3.03. The zero-order valence-corrected chi connectivity index (χ0v) is 13.8. The normalized spacial score (nSPS) is 21.4. The minimum absolute atomic E-state index is 0.130. The van der Waals surface area contributed by atoms with E-state index < -0.39 is 12.1 Å². The zero-order valence-electron chi connectivity index (χ0n) is 13.8. The maximum atomic E-state index is 12.4. The van der Waals surface area contributed by atoms with Crippen LogP contribution < -0.4 is 10.6 Å². The monoisotopic (exact) mass is 336 g/mol. The molecular formula is C20H20N2O3. The van der Waals surface area contributed by atoms with Crippen molar-refractivity contribution in [3.63, 3.8) is 0 Å². The Morgan fingerprint density at radius 2 is 1.92 bits per heavy atom. The maximum absolute atomic E-state index is 12.4. The Balaban J connectivity index is 1.48. The van der Waals surface area contributed by atoms with Crippen LogP contribution in [0.2, 0.25) is 0 Å². The molecule has 0 spiro atoms. The highest BCUT2D eigenvalue weighted by Crippen LogP contribution is 2.31. The molecule has 0 fully saturated rings. The average molecular weight is 336 g/mol. The number of aryl methyl sites for hydroxylation is 1. The van der Waals surface area contributed by atoms with E-state index in [1.807, 2.05) is 36.4 Å². The second-order valence-corrected chi connectivity index (χ2v) is 6.70. The number of carbonyl (C=O) groups excluding carboxylic acids is 2. The topological polar surface area (TPSA) is 78.4 Å². The first-order chi connectivity index (χ1) is 12.1. The minimum atomic E-state index is -0.631. The number of benzene rings is 2. The lowest BCUT2D eigenvalue weighted by Crippen LogP contribution is -2.36. The molecule has 0 saturated carbocycles. The van der Waals surface area contributed by atoms with Gasteiger partial charge in [0.05, 0.1) is 12.1 Å². The SMILES string of the molecule is O=C(Nc1ccc2c(c1)C(=O)CCC2)N[C@@H]1c2ccccc2C[C@H]1O. The van der Waals surface area contributed by atoms with Crippen molar-refractivity contribution in [1.29, 1.82) is 0 Å². The van der Waals surface area contributed by atoms with Crippen LogP contribution >= 0.6 is 0 Å². The van der Waals surface area contributed by atoms with Crippen molar-refractivity contribution in [2.24, 2.45) is 0 Å². The maximum Gasteiger partial charge on any atom is 0.319 e. The second kappa shape index (κ2) is 6.33. The standard InChI is InChI=1S/C20H20N2O3/c23-17-7-3-5-12-8-9-14(11-16(12)17)21-20(25)22-19-15-6-2-1-4-13(15)10-18(19)24/h1-2,4,6,8-9,11,18-19,24H,3,5,7,10H2,(H2,21,22,25)/t18-,19-/m1/s1. The fraction of sp³-hybridized carbons (Fsp3) is 0.300. The molecule has 0 unspecified atom stereocenters. The Morgan fingerprint density at radius 3 is 2.80 bits per heavy atom. The lowest BCUT2D eigenvalue weighted by Gasteiger charge is -2.19. The Hall–Kier alpha value is -2.66. The highest BCUT2D eigenvalue weighted by Gasteiger charge is 2.31. The van der Waals surface area contributed by atoms with Crippen molar-refractivity contribution in [1.82, 2.24) is 5.32 Å². The van der Waals surface area contributed by atoms with Gasteiger partial charge in [-0.1, -0.05) is 30.3 Å². The van der Waals surface area contributed by atoms with Gasteiger partial charge in [-0.3, -0.25) is 4.79 Å². The predicted octanol–water partition coefficient (Wildman–Crippen LogP) is 2.99. The molecule has 2 aromatic carbocycles. The summed E-state index contributed by atoms with van der Waals surface area (Å²) in [6.07, 6.45) is 2.26. The van der Waals surface area contributed by atoms with Gasteiger partial charge >= 0.3 is 6.03 Å². The van der Waals surface area contributed by atoms with Crippen molar-refractivity contribution >= 4 is 17.5 Å². The van der Waals surface area contributed by atoms with E-state index in [4.69, 9.17) is 0 Å². The first kappa shape index (κ1) is 15.8. The van der Waals surface area contributed by atoms with Gasteiger partial charge in [0, 0.05) is 24.1 Å². The molecule has 2 atom stereocenters. The number of rotatable bonds is 2. The van der Waals surface area contributed by atoms with Gasteiger partial charge in [-0.05, 0) is 41.7 Å². The van der Waals surface area contributed by atoms with Crippen LogP contribution in [0.1, 0.15) is 45.9 Å². The van der Waals surface area contributed by atoms with Gasteiger partial charge in [-0.25, -0.2) is 4.79 Å². The van der Waals surface area contributed by atoms with Crippen LogP contribution in [0.4, 0.5) is 10.5 Å². The number of hydrogen-bond acceptors (Lipinski definition) is 3. The summed E-state index contributed by atoms with van der Waals surface area (Å²) in [6, 6.07) is 12.4. The number of anilines is 1. The summed E-state index contributed by atoms with van der Waals surface area (Å²) in [7, 11) is 0. The lowest BCUT2D eigenvalue weighted by atomic mass is 9.90. The van der Waals surface area contributed by atoms with Gasteiger partial charge in [0.15, 0.2) is 5.78 Å². The van der Waals surface area contributed by atoms with Crippen molar-refractivity contribution in [3.05, 3.63) is 64.7 Å². The summed E-state index contributed by atoms with van der Waals surface area (Å²) >= 11 is 0. The molecular weight excluding hydrogens is 316 g/mol. The largest absolute Gasteiger partial charge is 0.390 e. The van der Waals surface area contributed by atoms with Crippen molar-refractivity contribution in [2.45, 2.75) is 37.8 Å². The number of hydrogen-bond donors (Lipinski definition) is 3. The number of nitrogens with one attached hydrogen (secondary N) is 2. The summed E-state index contributed by atoms with van der Waals surface area (Å²) in [5.74, 6) is 0.130. The van der Waals surface area contributed by atoms with Crippen LogP contribution in [0, 0.1) is 0 Å². The van der Waals surface area contributed by atoms with E-state index in [2.05, 4.69) is 10.6 Å². The molecule has 2 aromatic rings. The fourth-order valence-electron chi connectivity index (χ4n) is 3.76. The summed E-state index contributed by atoms with van der Waals surface area (Å²) in [5.41, 5.74) is 4.34. The van der Waals surface area contributed by atoms with Gasteiger partial charge in [0.2, 0.25) is 0 Å². The summed E-state index contributed by atoms with van der Waals surface area (Å²) in [6.45, 7) is 0. The molecule has 0 radical (unpaired) electrons. The highest BCUT2D eigenvalue weighted by atomic mass is 16.3. The van der Waals surface area contributed by atoms with Gasteiger partial charge in [0.25, 0.3) is 0 Å². The molecule has 2 aliphatic carbocycles. The smallest absolute Gasteiger partial charge is 0.319 e. The molecule has 0 aromatic heterocycles. The number of fused-ring (bicyclic) bond motifs is 2. The molecule has 25 heavy (non-hydrogen) atoms. The van der Waals surface area contributed by atoms with E-state index in [1.165, 1.54) is 0 Å². The number of aliphatic hydroxyl groups is 1. The van der Waals surface area contributed by atoms with E-state index in [0.29, 0.717) is 24.1 Å². The Morgan fingerprint density at radius 1 is 1.08 bits per heavy atom. The molecule has 4 rings (SSSR count). The lowest BCUT2D eigenvalue weighted by molar-refractivity contribution is 0.0972. The van der Waals surface area contributed by atoms with Crippen LogP contribution in [0.25, 0.3) is 0 Å². The van der Waals surface area contributed by atoms with Crippen LogP contribution in [0.3, 0.4) is 0 Å². The van der Waals surface area contributed by atoms with Gasteiger partial charge in [0.1, 0.15) is 0 Å². The van der Waals surface area contributed by atoms with Crippen LogP contribution in [0.15, 0.2) is 42.5 Å². The number of ketones is 1. The molecule has 128 valence electrons. The number of urea groups is 1. The van der Waals surface area contributed by atoms with Gasteiger partial charge in [-0.2, -0.15) is 0 Å². The zero-order chi connectivity index (χ0) is 17.4. The van der Waals surface area contributed by atoms with Crippen molar-refractivity contribution in [2.75, 3.05) is 5.32 Å². The minimum Gasteiger partial charge on any atom is -0.390 e. The predicted molar refractivity (Wildman–Crippen MR) is 94.8 cm³/mol. The van der Waals surface area contributed by atoms with E-state index in [-0.39, 0.29) is 11.8 Å². The number of amides is 2. The first-order valence-corrected chi connectivity index (χ1v) is 8.61. The third-order valence-electron chi connectivity index (χ3n) is 5.01. The molecule has 2 amide bonds. The number of Topliss-reactive ketones (excluding diaryl/α,β-unsaturated/α-hetero) is 1. The summed E-state index contributed by atoms with van der Waals surface area (Å²) in [5, 5.41) is 15.8. The Kier molecular flexibility index (Phi) is 4.01. The molecule has 5 nitrogen and oxygen atoms in total. The quantitative estimate of drug-likeness (QED) is 0.789. The Labute approximate surface area is 146 Å². The van der Waals surface area contributed by atoms with Gasteiger partial charge in [-0.15, -0.1) is 0 Å². The van der Waals surface area contributed by atoms with E-state index in [1.54, 1.807) is 6.07 Å². The van der Waals surface area contributed by atoms with Crippen molar-refractivity contribution in [3.8, 4) is 0 Å². The first-order valence-electron chi connectivity index (χ1n) is 8.61. The van der Waals surface area contributed by atoms with E-state index >= 15 is 0 Å². The highest BCUT2D eigenvalue weighted by molar-refractivity contribution is 6.00.